The van der Waals surface area contributed by atoms with E-state index in [1.165, 1.54) is 28.4 Å². The van der Waals surface area contributed by atoms with Gasteiger partial charge < -0.3 is 40.5 Å². The molecule has 5 aromatic rings. The number of thiazole rings is 2. The van der Waals surface area contributed by atoms with Crippen molar-refractivity contribution in [1.29, 1.82) is 0 Å². The third-order valence-electron chi connectivity index (χ3n) is 12.6. The number of aromatic nitrogens is 3. The minimum atomic E-state index is -0.926. The summed E-state index contributed by atoms with van der Waals surface area (Å²) in [6.45, 7) is 10.3. The van der Waals surface area contributed by atoms with Gasteiger partial charge in [-0.25, -0.2) is 9.97 Å². The van der Waals surface area contributed by atoms with Gasteiger partial charge in [-0.1, -0.05) is 63.9 Å². The lowest BCUT2D eigenvalue weighted by atomic mass is 9.85. The Morgan fingerprint density at radius 3 is 2.32 bits per heavy atom. The van der Waals surface area contributed by atoms with Crippen LogP contribution in [0.2, 0.25) is 0 Å². The van der Waals surface area contributed by atoms with Gasteiger partial charge in [0.15, 0.2) is 11.7 Å². The van der Waals surface area contributed by atoms with Gasteiger partial charge in [0.1, 0.15) is 23.5 Å². The number of nitrogens with zero attached hydrogens (tertiary/aromatic N) is 6. The molecule has 0 aliphatic carbocycles. The van der Waals surface area contributed by atoms with Crippen molar-refractivity contribution in [2.45, 2.75) is 91.0 Å². The van der Waals surface area contributed by atoms with Crippen molar-refractivity contribution in [3.05, 3.63) is 100 Å². The molecule has 2 aromatic carbocycles. The van der Waals surface area contributed by atoms with Gasteiger partial charge in [0.25, 0.3) is 17.7 Å². The highest BCUT2D eigenvalue weighted by Gasteiger charge is 2.44. The molecule has 0 bridgehead atoms. The normalized spacial score (nSPS) is 16.5. The Morgan fingerprint density at radius 1 is 0.861 bits per heavy atom. The second-order valence-electron chi connectivity index (χ2n) is 19.3. The first kappa shape index (κ1) is 53.2. The lowest BCUT2D eigenvalue weighted by Crippen LogP contribution is -2.57. The fourth-order valence-corrected chi connectivity index (χ4v) is 9.98. The Hall–Kier alpha value is -6.61. The summed E-state index contributed by atoms with van der Waals surface area (Å²) in [4.78, 5) is 100. The average Bonchev–Trinajstić information content (AvgIpc) is 4.13. The second kappa shape index (κ2) is 24.7. The molecule has 3 atom stereocenters. The lowest BCUT2D eigenvalue weighted by molar-refractivity contribution is -0.144. The molecule has 72 heavy (non-hydrogen) atoms. The number of aliphatic hydroxyl groups excluding tert-OH is 1. The van der Waals surface area contributed by atoms with Gasteiger partial charge >= 0.3 is 0 Å². The molecule has 0 unspecified atom stereocenters. The van der Waals surface area contributed by atoms with Gasteiger partial charge in [-0.15, -0.1) is 22.7 Å². The van der Waals surface area contributed by atoms with Crippen molar-refractivity contribution in [2.24, 2.45) is 5.41 Å². The van der Waals surface area contributed by atoms with Gasteiger partial charge in [0, 0.05) is 81.4 Å². The number of pyridine rings is 1. The first-order chi connectivity index (χ1) is 34.5. The fourth-order valence-electron chi connectivity index (χ4n) is 8.47. The van der Waals surface area contributed by atoms with Gasteiger partial charge in [-0.2, -0.15) is 0 Å². The molecule has 0 radical (unpaired) electrons. The van der Waals surface area contributed by atoms with Crippen LogP contribution in [0.4, 0.5) is 5.13 Å². The number of aryl methyl sites for hydroxylation is 1. The molecule has 2 aliphatic heterocycles. The van der Waals surface area contributed by atoms with Crippen molar-refractivity contribution >= 4 is 63.2 Å². The van der Waals surface area contributed by atoms with Crippen molar-refractivity contribution < 1.29 is 38.6 Å². The minimum Gasteiger partial charge on any atom is -0.484 e. The van der Waals surface area contributed by atoms with E-state index in [2.05, 4.69) is 41.1 Å². The number of piperazine rings is 1. The molecular weight excluding hydrogens is 957 g/mol. The number of hydrogen-bond acceptors (Lipinski definition) is 14. The van der Waals surface area contributed by atoms with E-state index in [4.69, 9.17) is 4.74 Å². The van der Waals surface area contributed by atoms with Crippen molar-refractivity contribution in [1.82, 2.24) is 45.6 Å². The molecule has 20 heteroatoms. The Morgan fingerprint density at radius 2 is 1.61 bits per heavy atom. The van der Waals surface area contributed by atoms with Gasteiger partial charge in [0.05, 0.1) is 27.9 Å². The minimum absolute atomic E-state index is 0.0142. The molecule has 7 rings (SSSR count). The average molecular weight is 1020 g/mol. The summed E-state index contributed by atoms with van der Waals surface area (Å²) >= 11 is 2.81. The molecule has 6 amide bonds. The molecular formula is C52H64N10O8S2. The molecule has 0 saturated carbocycles. The van der Waals surface area contributed by atoms with Crippen LogP contribution in [-0.2, 0) is 25.7 Å². The predicted molar refractivity (Wildman–Crippen MR) is 276 cm³/mol. The van der Waals surface area contributed by atoms with E-state index in [0.717, 1.165) is 41.2 Å². The first-order valence-corrected chi connectivity index (χ1v) is 26.0. The molecule has 2 saturated heterocycles. The number of likely N-dealkylation sites (tertiary alicyclic amines) is 1. The Bertz CT molecular complexity index is 2680. The van der Waals surface area contributed by atoms with E-state index < -0.39 is 35.4 Å². The molecule has 5 heterocycles. The second-order valence-corrected chi connectivity index (χ2v) is 21.0. The summed E-state index contributed by atoms with van der Waals surface area (Å²) in [7, 11) is 2.00. The lowest BCUT2D eigenvalue weighted by Gasteiger charge is -2.35. The largest absolute Gasteiger partial charge is 0.484 e. The number of rotatable bonds is 20. The van der Waals surface area contributed by atoms with Gasteiger partial charge in [0.2, 0.25) is 17.7 Å². The number of aliphatic hydroxyl groups is 1. The smallest absolute Gasteiger partial charge is 0.257 e. The summed E-state index contributed by atoms with van der Waals surface area (Å²) < 4.78 is 5.86. The van der Waals surface area contributed by atoms with E-state index in [1.54, 1.807) is 39.9 Å². The zero-order valence-corrected chi connectivity index (χ0v) is 43.1. The van der Waals surface area contributed by atoms with E-state index in [0.29, 0.717) is 55.4 Å². The van der Waals surface area contributed by atoms with Crippen LogP contribution in [0.25, 0.3) is 21.8 Å². The maximum absolute atomic E-state index is 14.1. The Kier molecular flexibility index (Phi) is 18.2. The standard InChI is InChI=1S/C52H64N10O8S2/c1-33-45(72-32-56-33)35-16-14-34(15-17-35)28-55-48(67)42-27-38(63)29-62(42)50(69)46(52(2,3)4)58-43(64)13-8-6-7-10-19-54-44(65)30-70-39-25-36(24-37(26-39)49(68)61-22-20-60(5)21-23-61)47(66)59-51-57-41(31-71-51)40-12-9-11-18-53-40/h9,11-12,14-18,24-26,31-32,38,42,46,63H,6-8,10,13,19-23,27-30H2,1-5H3,(H,54,65)(H,55,67)(H,58,64)(H,57,59,66)/t38-,42+,46-/m0/s1. The van der Waals surface area contributed by atoms with E-state index in [-0.39, 0.29) is 73.0 Å². The molecule has 5 N–H and O–H groups in total. The highest BCUT2D eigenvalue weighted by Crippen LogP contribution is 2.30. The monoisotopic (exact) mass is 1020 g/mol. The maximum Gasteiger partial charge on any atom is 0.257 e. The summed E-state index contributed by atoms with van der Waals surface area (Å²) in [5, 5.41) is 24.3. The zero-order valence-electron chi connectivity index (χ0n) is 41.4. The Balaban J connectivity index is 0.841. The van der Waals surface area contributed by atoms with Crippen LogP contribution in [-0.4, -0.2) is 141 Å². The molecule has 2 fully saturated rings. The van der Waals surface area contributed by atoms with Crippen LogP contribution in [0.3, 0.4) is 0 Å². The summed E-state index contributed by atoms with van der Waals surface area (Å²) in [5.41, 5.74) is 5.74. The number of amides is 6. The van der Waals surface area contributed by atoms with E-state index in [9.17, 15) is 33.9 Å². The van der Waals surface area contributed by atoms with Crippen LogP contribution in [0, 0.1) is 12.3 Å². The molecule has 2 aliphatic rings. The van der Waals surface area contributed by atoms with Crippen LogP contribution in [0.1, 0.15) is 91.3 Å². The number of unbranched alkanes of at least 4 members (excludes halogenated alkanes) is 3. The maximum atomic E-state index is 14.1. The van der Waals surface area contributed by atoms with Crippen molar-refractivity contribution in [2.75, 3.05) is 58.2 Å². The van der Waals surface area contributed by atoms with Gasteiger partial charge in [-0.05, 0) is 73.7 Å². The van der Waals surface area contributed by atoms with Gasteiger partial charge in [-0.3, -0.25) is 39.1 Å². The number of hydrogen-bond donors (Lipinski definition) is 5. The molecule has 0 spiro atoms. The highest BCUT2D eigenvalue weighted by atomic mass is 32.1. The number of anilines is 1. The third-order valence-corrected chi connectivity index (χ3v) is 14.3. The van der Waals surface area contributed by atoms with Crippen LogP contribution in [0.15, 0.2) is 77.8 Å². The zero-order chi connectivity index (χ0) is 51.4. The summed E-state index contributed by atoms with van der Waals surface area (Å²) in [5.74, 6) is -2.00. The third kappa shape index (κ3) is 14.5. The summed E-state index contributed by atoms with van der Waals surface area (Å²) in [6.07, 6.45) is 3.69. The summed E-state index contributed by atoms with van der Waals surface area (Å²) in [6, 6.07) is 16.1. The fraction of sp³-hybridized carbons (Fsp3) is 0.442. The number of carbonyl (C=O) groups is 6. The number of ether oxygens (including phenoxy) is 1. The van der Waals surface area contributed by atoms with Crippen LogP contribution >= 0.6 is 22.7 Å². The topological polar surface area (TPSA) is 228 Å². The number of nitrogens with one attached hydrogen (secondary N) is 4. The quantitative estimate of drug-likeness (QED) is 0.0607. The number of likely N-dealkylation sites (N-methyl/N-ethyl adjacent to an activating group) is 1. The van der Waals surface area contributed by atoms with E-state index in [1.807, 2.05) is 76.7 Å². The van der Waals surface area contributed by atoms with E-state index >= 15 is 0 Å². The van der Waals surface area contributed by atoms with Crippen LogP contribution in [0.5, 0.6) is 5.75 Å². The van der Waals surface area contributed by atoms with Crippen molar-refractivity contribution in [3.8, 4) is 27.6 Å². The number of benzene rings is 2. The van der Waals surface area contributed by atoms with Crippen molar-refractivity contribution in [3.63, 3.8) is 0 Å². The predicted octanol–water partition coefficient (Wildman–Crippen LogP) is 5.53. The Labute approximate surface area is 428 Å². The number of β-amino-alcohol motifs (C(OH)–C–C–N with tert-alkyl or cyclic N) is 1. The molecule has 3 aromatic heterocycles. The highest BCUT2D eigenvalue weighted by molar-refractivity contribution is 7.14. The van der Waals surface area contributed by atoms with Crippen LogP contribution < -0.4 is 26.0 Å². The number of carbonyl (C=O) groups excluding carboxylic acids is 6. The molecule has 382 valence electrons. The SMILES string of the molecule is Cc1ncsc1-c1ccc(CNC(=O)[C@H]2C[C@H](O)CN2C(=O)[C@H](NC(=O)CCCCCCNC(=O)COc2cc(C(=O)Nc3nc(-c4ccccn4)cs3)cc(C(=O)N3CCN(C)CC3)c2)C(C)(C)C)cc1. The first-order valence-electron chi connectivity index (χ1n) is 24.3. The molecule has 18 nitrogen and oxygen atoms in total.